The maximum atomic E-state index is 14.1. The molecule has 0 heterocycles. The average molecular weight is 605 g/mol. The minimum atomic E-state index is -4.13. The number of rotatable bonds is 13. The molecule has 0 bridgehead atoms. The van der Waals surface area contributed by atoms with Crippen molar-refractivity contribution in [1.29, 1.82) is 0 Å². The Morgan fingerprint density at radius 1 is 0.925 bits per heavy atom. The van der Waals surface area contributed by atoms with Gasteiger partial charge in [-0.3, -0.25) is 13.9 Å². The Bertz CT molecular complexity index is 1400. The first-order valence-electron chi connectivity index (χ1n) is 13.2. The number of anilines is 1. The lowest BCUT2D eigenvalue weighted by Gasteiger charge is -2.33. The quantitative estimate of drug-likeness (QED) is 0.235. The second-order valence-corrected chi connectivity index (χ2v) is 12.1. The predicted octanol–water partition coefficient (Wildman–Crippen LogP) is 6.22. The van der Waals surface area contributed by atoms with Gasteiger partial charge in [-0.2, -0.15) is 0 Å². The molecule has 2 amide bonds. The Balaban J connectivity index is 2.07. The molecule has 0 saturated heterocycles. The molecule has 0 spiro atoms. The number of hydrogen-bond donors (Lipinski definition) is 1. The summed E-state index contributed by atoms with van der Waals surface area (Å²) in [6.07, 6.45) is 2.00. The van der Waals surface area contributed by atoms with Crippen LogP contribution in [0.1, 0.15) is 44.2 Å². The molecule has 0 aromatic heterocycles. The van der Waals surface area contributed by atoms with E-state index in [2.05, 4.69) is 5.32 Å². The fraction of sp³-hybridized carbons (Fsp3) is 0.333. The molecule has 0 aliphatic rings. The van der Waals surface area contributed by atoms with Gasteiger partial charge in [0.05, 0.1) is 10.6 Å². The zero-order valence-corrected chi connectivity index (χ0v) is 25.3. The summed E-state index contributed by atoms with van der Waals surface area (Å²) in [6, 6.07) is 19.0. The summed E-state index contributed by atoms with van der Waals surface area (Å²) in [6.45, 7) is 5.55. The highest BCUT2D eigenvalue weighted by molar-refractivity contribution is 7.92. The van der Waals surface area contributed by atoms with Crippen molar-refractivity contribution in [2.45, 2.75) is 57.5 Å². The highest BCUT2D eigenvalue weighted by Gasteiger charge is 2.34. The second-order valence-electron chi connectivity index (χ2n) is 9.45. The molecule has 10 heteroatoms. The molecule has 1 N–H and O–H groups in total. The number of nitrogens with one attached hydrogen (secondary N) is 1. The number of sulfonamides is 1. The predicted molar refractivity (Wildman–Crippen MR) is 161 cm³/mol. The van der Waals surface area contributed by atoms with E-state index in [1.165, 1.54) is 17.0 Å². The minimum Gasteiger partial charge on any atom is -0.354 e. The maximum absolute atomic E-state index is 14.1. The summed E-state index contributed by atoms with van der Waals surface area (Å²) in [5, 5.41) is 3.60. The SMILES string of the molecule is CCCCNC(=O)[C@@H](CC)N(Cc1c(Cl)cccc1Cl)C(=O)CN(c1cccc(C)c1)S(=O)(=O)c1ccccc1. The third-order valence-electron chi connectivity index (χ3n) is 6.51. The Kier molecular flexibility index (Phi) is 11.4. The third kappa shape index (κ3) is 7.77. The first-order chi connectivity index (χ1) is 19.1. The number of hydrogen-bond acceptors (Lipinski definition) is 4. The number of aryl methyl sites for hydroxylation is 1. The summed E-state index contributed by atoms with van der Waals surface area (Å²) >= 11 is 12.9. The molecule has 3 aromatic rings. The van der Waals surface area contributed by atoms with Gasteiger partial charge < -0.3 is 10.2 Å². The monoisotopic (exact) mass is 603 g/mol. The van der Waals surface area contributed by atoms with Gasteiger partial charge in [0, 0.05) is 28.7 Å². The number of benzene rings is 3. The van der Waals surface area contributed by atoms with Crippen LogP contribution in [-0.2, 0) is 26.2 Å². The van der Waals surface area contributed by atoms with Gasteiger partial charge in [-0.25, -0.2) is 8.42 Å². The summed E-state index contributed by atoms with van der Waals surface area (Å²) in [7, 11) is -4.13. The highest BCUT2D eigenvalue weighted by Crippen LogP contribution is 2.29. The van der Waals surface area contributed by atoms with Crippen LogP contribution in [0.15, 0.2) is 77.7 Å². The van der Waals surface area contributed by atoms with Crippen LogP contribution in [0.2, 0.25) is 10.0 Å². The van der Waals surface area contributed by atoms with Gasteiger partial charge in [-0.05, 0) is 61.7 Å². The van der Waals surface area contributed by atoms with Crippen molar-refractivity contribution in [3.05, 3.63) is 94.0 Å². The highest BCUT2D eigenvalue weighted by atomic mass is 35.5. The molecule has 7 nitrogen and oxygen atoms in total. The van der Waals surface area contributed by atoms with Gasteiger partial charge in [-0.1, -0.05) is 79.9 Å². The fourth-order valence-corrected chi connectivity index (χ4v) is 6.25. The topological polar surface area (TPSA) is 86.8 Å². The molecular formula is C30H35Cl2N3O4S. The van der Waals surface area contributed by atoms with Crippen LogP contribution >= 0.6 is 23.2 Å². The van der Waals surface area contributed by atoms with E-state index in [4.69, 9.17) is 23.2 Å². The van der Waals surface area contributed by atoms with E-state index in [9.17, 15) is 18.0 Å². The van der Waals surface area contributed by atoms with Crippen molar-refractivity contribution in [1.82, 2.24) is 10.2 Å². The molecule has 1 atom stereocenters. The van der Waals surface area contributed by atoms with Crippen molar-refractivity contribution < 1.29 is 18.0 Å². The summed E-state index contributed by atoms with van der Waals surface area (Å²) < 4.78 is 28.8. The Morgan fingerprint density at radius 2 is 1.57 bits per heavy atom. The molecule has 0 aliphatic carbocycles. The van der Waals surface area contributed by atoms with Gasteiger partial charge in [0.2, 0.25) is 11.8 Å². The van der Waals surface area contributed by atoms with Crippen molar-refractivity contribution in [3.8, 4) is 0 Å². The second kappa shape index (κ2) is 14.5. The Hall–Kier alpha value is -3.07. The number of amides is 2. The van der Waals surface area contributed by atoms with E-state index in [-0.39, 0.29) is 17.3 Å². The average Bonchev–Trinajstić information content (AvgIpc) is 2.93. The maximum Gasteiger partial charge on any atom is 0.264 e. The summed E-state index contributed by atoms with van der Waals surface area (Å²) in [5.74, 6) is -0.880. The molecule has 0 aliphatic heterocycles. The van der Waals surface area contributed by atoms with Crippen molar-refractivity contribution in [2.24, 2.45) is 0 Å². The first kappa shape index (κ1) is 31.5. The van der Waals surface area contributed by atoms with Gasteiger partial charge >= 0.3 is 0 Å². The van der Waals surface area contributed by atoms with Crippen molar-refractivity contribution in [2.75, 3.05) is 17.4 Å². The van der Waals surface area contributed by atoms with Gasteiger partial charge in [0.25, 0.3) is 10.0 Å². The van der Waals surface area contributed by atoms with Gasteiger partial charge in [-0.15, -0.1) is 0 Å². The minimum absolute atomic E-state index is 0.0503. The zero-order chi connectivity index (χ0) is 29.3. The van der Waals surface area contributed by atoms with Crippen molar-refractivity contribution >= 4 is 50.7 Å². The molecule has 214 valence electrons. The van der Waals surface area contributed by atoms with E-state index in [1.807, 2.05) is 19.9 Å². The molecule has 3 rings (SSSR count). The van der Waals surface area contributed by atoms with E-state index in [0.29, 0.717) is 34.3 Å². The largest absolute Gasteiger partial charge is 0.354 e. The van der Waals surface area contributed by atoms with Gasteiger partial charge in [0.1, 0.15) is 12.6 Å². The smallest absolute Gasteiger partial charge is 0.264 e. The molecule has 0 fully saturated rings. The van der Waals surface area contributed by atoms with Gasteiger partial charge in [0.15, 0.2) is 0 Å². The van der Waals surface area contributed by atoms with E-state index < -0.39 is 28.5 Å². The van der Waals surface area contributed by atoms with Crippen LogP contribution in [0.4, 0.5) is 5.69 Å². The standard InChI is InChI=1S/C30H35Cl2N3O4S/c1-4-6-18-33-30(37)28(5-2)34(20-25-26(31)16-11-17-27(25)32)29(36)21-35(23-13-10-12-22(3)19-23)40(38,39)24-14-8-7-9-15-24/h7-17,19,28H,4-6,18,20-21H2,1-3H3,(H,33,37)/t28-/m1/s1. The summed E-state index contributed by atoms with van der Waals surface area (Å²) in [4.78, 5) is 28.8. The van der Waals surface area contributed by atoms with Crippen LogP contribution in [0, 0.1) is 6.92 Å². The molecule has 0 unspecified atom stereocenters. The molecule has 40 heavy (non-hydrogen) atoms. The number of nitrogens with zero attached hydrogens (tertiary/aromatic N) is 2. The lowest BCUT2D eigenvalue weighted by atomic mass is 10.1. The van der Waals surface area contributed by atoms with E-state index >= 15 is 0 Å². The molecule has 0 saturated carbocycles. The van der Waals surface area contributed by atoms with Crippen LogP contribution < -0.4 is 9.62 Å². The van der Waals surface area contributed by atoms with Crippen LogP contribution in [0.3, 0.4) is 0 Å². The Labute approximate surface area is 247 Å². The van der Waals surface area contributed by atoms with Crippen molar-refractivity contribution in [3.63, 3.8) is 0 Å². The Morgan fingerprint density at radius 3 is 2.17 bits per heavy atom. The number of carbonyl (C=O) groups is 2. The number of unbranched alkanes of at least 4 members (excludes halogenated alkanes) is 1. The van der Waals surface area contributed by atoms with E-state index in [1.54, 1.807) is 61.5 Å². The number of halogens is 2. The molecule has 0 radical (unpaired) electrons. The van der Waals surface area contributed by atoms with Crippen LogP contribution in [-0.4, -0.2) is 44.3 Å². The summed E-state index contributed by atoms with van der Waals surface area (Å²) in [5.41, 5.74) is 1.65. The van der Waals surface area contributed by atoms with Crippen LogP contribution in [0.5, 0.6) is 0 Å². The van der Waals surface area contributed by atoms with Crippen LogP contribution in [0.25, 0.3) is 0 Å². The normalized spacial score (nSPS) is 12.0. The number of carbonyl (C=O) groups excluding carboxylic acids is 2. The van der Waals surface area contributed by atoms with E-state index in [0.717, 1.165) is 22.7 Å². The zero-order valence-electron chi connectivity index (χ0n) is 22.9. The third-order valence-corrected chi connectivity index (χ3v) is 9.00. The first-order valence-corrected chi connectivity index (χ1v) is 15.4. The lowest BCUT2D eigenvalue weighted by Crippen LogP contribution is -2.52. The molecule has 3 aromatic carbocycles. The fourth-order valence-electron chi connectivity index (χ4n) is 4.31. The molecular weight excluding hydrogens is 569 g/mol. The lowest BCUT2D eigenvalue weighted by molar-refractivity contribution is -0.140.